The van der Waals surface area contributed by atoms with Gasteiger partial charge in [0.2, 0.25) is 0 Å². The van der Waals surface area contributed by atoms with Crippen molar-refractivity contribution in [1.29, 1.82) is 0 Å². The molecular formula is C7H11N3O2. The number of nitrogens with one attached hydrogen (secondary N) is 2. The maximum absolute atomic E-state index is 11.2. The normalized spacial score (nSPS) is 10.2. The van der Waals surface area contributed by atoms with Crippen LogP contribution in [-0.4, -0.2) is 17.1 Å². The number of aromatic amines is 1. The van der Waals surface area contributed by atoms with Gasteiger partial charge in [0, 0.05) is 5.69 Å². The summed E-state index contributed by atoms with van der Waals surface area (Å²) in [6, 6.07) is 0. The van der Waals surface area contributed by atoms with Crippen molar-refractivity contribution in [3.8, 4) is 0 Å². The van der Waals surface area contributed by atoms with Crippen LogP contribution < -0.4 is 11.0 Å². The van der Waals surface area contributed by atoms with E-state index < -0.39 is 0 Å². The van der Waals surface area contributed by atoms with Crippen LogP contribution in [0.1, 0.15) is 11.3 Å². The van der Waals surface area contributed by atoms with Crippen LogP contribution in [0.3, 0.4) is 0 Å². The molecule has 1 aromatic heterocycles. The second-order valence-corrected chi connectivity index (χ2v) is 2.32. The van der Waals surface area contributed by atoms with Gasteiger partial charge in [-0.05, 0) is 6.92 Å². The first-order valence-electron chi connectivity index (χ1n) is 3.54. The second-order valence-electron chi connectivity index (χ2n) is 2.32. The summed E-state index contributed by atoms with van der Waals surface area (Å²) in [4.78, 5) is 22.2. The van der Waals surface area contributed by atoms with Gasteiger partial charge in [-0.25, -0.2) is 4.98 Å². The lowest BCUT2D eigenvalue weighted by molar-refractivity contribution is 0.0862. The molecule has 66 valence electrons. The number of H-pyrrole nitrogens is 1. The molecule has 0 bridgehead atoms. The van der Waals surface area contributed by atoms with Gasteiger partial charge in [0.25, 0.3) is 5.56 Å². The number of nitrogens with zero attached hydrogens (tertiary/aromatic N) is 1. The molecule has 2 N–H and O–H groups in total. The molecule has 0 spiro atoms. The summed E-state index contributed by atoms with van der Waals surface area (Å²) in [6.07, 6.45) is 1.38. The molecular weight excluding hydrogens is 158 g/mol. The highest BCUT2D eigenvalue weighted by Crippen LogP contribution is 1.94. The molecule has 5 nitrogen and oxygen atoms in total. The lowest BCUT2D eigenvalue weighted by Crippen LogP contribution is -2.22. The zero-order chi connectivity index (χ0) is 8.97. The molecule has 1 aromatic rings. The average molecular weight is 169 g/mol. The molecule has 0 atom stereocenters. The Morgan fingerprint density at radius 3 is 3.08 bits per heavy atom. The number of aromatic nitrogens is 2. The number of aryl methyl sites for hydroxylation is 1. The first-order valence-corrected chi connectivity index (χ1v) is 3.54. The smallest absolute Gasteiger partial charge is 0.255 e. The molecule has 0 radical (unpaired) electrons. The Kier molecular flexibility index (Phi) is 2.95. The summed E-state index contributed by atoms with van der Waals surface area (Å²) < 4.78 is 0. The summed E-state index contributed by atoms with van der Waals surface area (Å²) in [5.41, 5.74) is 3.76. The topological polar surface area (TPSA) is 67.0 Å². The highest BCUT2D eigenvalue weighted by atomic mass is 16.6. The highest BCUT2D eigenvalue weighted by Gasteiger charge is 2.02. The van der Waals surface area contributed by atoms with Crippen molar-refractivity contribution in [2.75, 3.05) is 7.11 Å². The quantitative estimate of drug-likeness (QED) is 0.611. The van der Waals surface area contributed by atoms with E-state index in [4.69, 9.17) is 0 Å². The van der Waals surface area contributed by atoms with Crippen molar-refractivity contribution in [2.45, 2.75) is 13.5 Å². The molecule has 0 aromatic carbocycles. The van der Waals surface area contributed by atoms with E-state index in [1.54, 1.807) is 6.92 Å². The van der Waals surface area contributed by atoms with Crippen molar-refractivity contribution in [3.05, 3.63) is 27.9 Å². The first kappa shape index (κ1) is 8.89. The van der Waals surface area contributed by atoms with Crippen LogP contribution in [0.2, 0.25) is 0 Å². The highest BCUT2D eigenvalue weighted by molar-refractivity contribution is 5.13. The van der Waals surface area contributed by atoms with Crippen LogP contribution in [0, 0.1) is 6.92 Å². The minimum Gasteiger partial charge on any atom is -0.313 e. The summed E-state index contributed by atoms with van der Waals surface area (Å²) in [7, 11) is 1.50. The Labute approximate surface area is 69.7 Å². The Morgan fingerprint density at radius 1 is 1.75 bits per heavy atom. The summed E-state index contributed by atoms with van der Waals surface area (Å²) in [5.74, 6) is 0. The predicted octanol–water partition coefficient (Wildman–Crippen LogP) is -0.271. The number of rotatable bonds is 3. The number of hydrogen-bond acceptors (Lipinski definition) is 4. The third-order valence-electron chi connectivity index (χ3n) is 1.56. The molecule has 0 amide bonds. The van der Waals surface area contributed by atoms with Gasteiger partial charge >= 0.3 is 0 Å². The van der Waals surface area contributed by atoms with Crippen molar-refractivity contribution >= 4 is 0 Å². The van der Waals surface area contributed by atoms with Crippen LogP contribution in [0.4, 0.5) is 0 Å². The fraction of sp³-hybridized carbons (Fsp3) is 0.429. The van der Waals surface area contributed by atoms with E-state index in [0.717, 1.165) is 0 Å². The largest absolute Gasteiger partial charge is 0.313 e. The van der Waals surface area contributed by atoms with Crippen LogP contribution in [0.5, 0.6) is 0 Å². The van der Waals surface area contributed by atoms with E-state index in [1.807, 2.05) is 0 Å². The fourth-order valence-corrected chi connectivity index (χ4v) is 0.870. The van der Waals surface area contributed by atoms with Gasteiger partial charge in [-0.1, -0.05) is 0 Å². The molecule has 0 saturated carbocycles. The van der Waals surface area contributed by atoms with Crippen LogP contribution in [-0.2, 0) is 11.4 Å². The van der Waals surface area contributed by atoms with Gasteiger partial charge in [-0.15, -0.1) is 0 Å². The van der Waals surface area contributed by atoms with Gasteiger partial charge in [-0.2, -0.15) is 5.48 Å². The van der Waals surface area contributed by atoms with Gasteiger partial charge in [-0.3, -0.25) is 4.79 Å². The van der Waals surface area contributed by atoms with E-state index in [0.29, 0.717) is 17.8 Å². The van der Waals surface area contributed by atoms with E-state index in [1.165, 1.54) is 13.4 Å². The Balaban J connectivity index is 2.89. The molecule has 1 heterocycles. The minimum atomic E-state index is -0.132. The molecule has 0 saturated heterocycles. The molecule has 0 unspecified atom stereocenters. The molecule has 0 aliphatic carbocycles. The standard InChI is InChI=1S/C7H11N3O2/c1-5-6(3-10-12-2)7(11)9-4-8-5/h4,10H,3H2,1-2H3,(H,8,9,11). The lowest BCUT2D eigenvalue weighted by atomic mass is 10.2. The Bertz CT molecular complexity index is 308. The van der Waals surface area contributed by atoms with Crippen LogP contribution in [0.15, 0.2) is 11.1 Å². The van der Waals surface area contributed by atoms with Crippen LogP contribution in [0.25, 0.3) is 0 Å². The minimum absolute atomic E-state index is 0.132. The Morgan fingerprint density at radius 2 is 2.50 bits per heavy atom. The summed E-state index contributed by atoms with van der Waals surface area (Å²) in [5, 5.41) is 0. The molecule has 1 rings (SSSR count). The van der Waals surface area contributed by atoms with E-state index in [2.05, 4.69) is 20.3 Å². The monoisotopic (exact) mass is 169 g/mol. The van der Waals surface area contributed by atoms with Crippen molar-refractivity contribution < 1.29 is 4.84 Å². The van der Waals surface area contributed by atoms with Gasteiger partial charge in [0.1, 0.15) is 0 Å². The van der Waals surface area contributed by atoms with Crippen molar-refractivity contribution in [3.63, 3.8) is 0 Å². The van der Waals surface area contributed by atoms with E-state index >= 15 is 0 Å². The molecule has 5 heteroatoms. The van der Waals surface area contributed by atoms with Gasteiger partial charge in [0.05, 0.1) is 25.5 Å². The SMILES string of the molecule is CONCc1c(C)nc[nH]c1=O. The Hall–Kier alpha value is -1.20. The fourth-order valence-electron chi connectivity index (χ4n) is 0.870. The van der Waals surface area contributed by atoms with Gasteiger partial charge in [0.15, 0.2) is 0 Å². The summed E-state index contributed by atoms with van der Waals surface area (Å²) in [6.45, 7) is 2.15. The first-order chi connectivity index (χ1) is 5.75. The second kappa shape index (κ2) is 3.99. The average Bonchev–Trinajstić information content (AvgIpc) is 2.04. The lowest BCUT2D eigenvalue weighted by Gasteiger charge is -2.02. The zero-order valence-corrected chi connectivity index (χ0v) is 7.05. The van der Waals surface area contributed by atoms with E-state index in [9.17, 15) is 4.79 Å². The van der Waals surface area contributed by atoms with Crippen molar-refractivity contribution in [1.82, 2.24) is 15.4 Å². The molecule has 12 heavy (non-hydrogen) atoms. The van der Waals surface area contributed by atoms with Crippen LogP contribution >= 0.6 is 0 Å². The third-order valence-corrected chi connectivity index (χ3v) is 1.56. The van der Waals surface area contributed by atoms with E-state index in [-0.39, 0.29) is 5.56 Å². The molecule has 0 aliphatic heterocycles. The van der Waals surface area contributed by atoms with Gasteiger partial charge < -0.3 is 9.82 Å². The molecule has 0 aliphatic rings. The summed E-state index contributed by atoms with van der Waals surface area (Å²) >= 11 is 0. The predicted molar refractivity (Wildman–Crippen MR) is 43.4 cm³/mol. The third kappa shape index (κ3) is 1.90. The maximum atomic E-state index is 11.2. The maximum Gasteiger partial charge on any atom is 0.255 e. The van der Waals surface area contributed by atoms with Crippen molar-refractivity contribution in [2.24, 2.45) is 0 Å². The number of hydroxylamine groups is 1. The number of hydrogen-bond donors (Lipinski definition) is 2. The molecule has 0 fully saturated rings. The zero-order valence-electron chi connectivity index (χ0n) is 7.05.